The molecule has 1 fully saturated rings. The van der Waals surface area contributed by atoms with E-state index in [0.29, 0.717) is 25.5 Å². The minimum absolute atomic E-state index is 0.0762. The van der Waals surface area contributed by atoms with Crippen LogP contribution < -0.4 is 16.0 Å². The SMILES string of the molecule is CCNC(=NCC(=O)NCc1ccccc1)NCCCN1CCCCCC1=O. The molecule has 0 aromatic heterocycles. The highest BCUT2D eigenvalue weighted by Gasteiger charge is 2.15. The molecule has 28 heavy (non-hydrogen) atoms. The summed E-state index contributed by atoms with van der Waals surface area (Å²) < 4.78 is 0. The van der Waals surface area contributed by atoms with E-state index < -0.39 is 0 Å². The molecule has 154 valence electrons. The van der Waals surface area contributed by atoms with Crippen LogP contribution in [0.25, 0.3) is 0 Å². The van der Waals surface area contributed by atoms with Crippen LogP contribution in [0.2, 0.25) is 0 Å². The molecule has 3 N–H and O–H groups in total. The molecule has 0 radical (unpaired) electrons. The van der Waals surface area contributed by atoms with Crippen LogP contribution in [-0.4, -0.2) is 55.4 Å². The van der Waals surface area contributed by atoms with Gasteiger partial charge in [-0.25, -0.2) is 4.99 Å². The van der Waals surface area contributed by atoms with Crippen molar-refractivity contribution in [1.82, 2.24) is 20.9 Å². The number of likely N-dealkylation sites (tertiary alicyclic amines) is 1. The van der Waals surface area contributed by atoms with E-state index in [2.05, 4.69) is 20.9 Å². The number of rotatable bonds is 9. The van der Waals surface area contributed by atoms with Gasteiger partial charge in [0.15, 0.2) is 5.96 Å². The third kappa shape index (κ3) is 8.41. The molecule has 0 aliphatic carbocycles. The van der Waals surface area contributed by atoms with Crippen molar-refractivity contribution in [2.45, 2.75) is 45.6 Å². The Labute approximate surface area is 168 Å². The topological polar surface area (TPSA) is 85.8 Å². The fourth-order valence-corrected chi connectivity index (χ4v) is 3.10. The first-order chi connectivity index (χ1) is 13.7. The van der Waals surface area contributed by atoms with Crippen molar-refractivity contribution in [3.8, 4) is 0 Å². The number of hydrogen-bond acceptors (Lipinski definition) is 3. The summed E-state index contributed by atoms with van der Waals surface area (Å²) in [6.07, 6.45) is 4.79. The number of benzene rings is 1. The first kappa shape index (κ1) is 21.7. The van der Waals surface area contributed by atoms with Crippen LogP contribution >= 0.6 is 0 Å². The number of nitrogens with zero attached hydrogens (tertiary/aromatic N) is 2. The lowest BCUT2D eigenvalue weighted by Gasteiger charge is -2.20. The fraction of sp³-hybridized carbons (Fsp3) is 0.571. The zero-order valence-corrected chi connectivity index (χ0v) is 16.9. The number of amides is 2. The normalized spacial score (nSPS) is 15.1. The summed E-state index contributed by atoms with van der Waals surface area (Å²) in [6, 6.07) is 9.80. The lowest BCUT2D eigenvalue weighted by molar-refractivity contribution is -0.130. The number of guanidine groups is 1. The van der Waals surface area contributed by atoms with E-state index in [9.17, 15) is 9.59 Å². The first-order valence-electron chi connectivity index (χ1n) is 10.3. The summed E-state index contributed by atoms with van der Waals surface area (Å²) in [5, 5.41) is 9.26. The zero-order chi connectivity index (χ0) is 20.0. The highest BCUT2D eigenvalue weighted by atomic mass is 16.2. The number of aliphatic imine (C=N–C) groups is 1. The van der Waals surface area contributed by atoms with Gasteiger partial charge in [0.2, 0.25) is 11.8 Å². The third-order valence-electron chi connectivity index (χ3n) is 4.63. The van der Waals surface area contributed by atoms with Crippen LogP contribution in [0.5, 0.6) is 0 Å². The molecule has 0 unspecified atom stereocenters. The second-order valence-electron chi connectivity index (χ2n) is 6.93. The van der Waals surface area contributed by atoms with Gasteiger partial charge in [-0.15, -0.1) is 0 Å². The van der Waals surface area contributed by atoms with E-state index in [4.69, 9.17) is 0 Å². The number of carbonyl (C=O) groups excluding carboxylic acids is 2. The Morgan fingerprint density at radius 1 is 1.11 bits per heavy atom. The molecule has 2 rings (SSSR count). The van der Waals surface area contributed by atoms with Crippen LogP contribution in [-0.2, 0) is 16.1 Å². The summed E-state index contributed by atoms with van der Waals surface area (Å²) in [5.74, 6) is 0.781. The zero-order valence-electron chi connectivity index (χ0n) is 16.9. The number of hydrogen-bond donors (Lipinski definition) is 3. The predicted octanol–water partition coefficient (Wildman–Crippen LogP) is 1.65. The van der Waals surface area contributed by atoms with Gasteiger partial charge in [0, 0.05) is 39.1 Å². The minimum Gasteiger partial charge on any atom is -0.357 e. The molecule has 0 bridgehead atoms. The average molecular weight is 388 g/mol. The smallest absolute Gasteiger partial charge is 0.242 e. The maximum atomic E-state index is 12.0. The molecule has 1 saturated heterocycles. The van der Waals surface area contributed by atoms with Crippen molar-refractivity contribution in [2.75, 3.05) is 32.7 Å². The summed E-state index contributed by atoms with van der Waals surface area (Å²) in [6.45, 7) is 5.64. The van der Waals surface area contributed by atoms with E-state index in [0.717, 1.165) is 50.9 Å². The van der Waals surface area contributed by atoms with Crippen molar-refractivity contribution in [1.29, 1.82) is 0 Å². The Kier molecular flexibility index (Phi) is 9.89. The van der Waals surface area contributed by atoms with Gasteiger partial charge in [-0.2, -0.15) is 0 Å². The lowest BCUT2D eigenvalue weighted by Crippen LogP contribution is -2.40. The largest absolute Gasteiger partial charge is 0.357 e. The molecule has 7 heteroatoms. The van der Waals surface area contributed by atoms with E-state index >= 15 is 0 Å². The predicted molar refractivity (Wildman–Crippen MR) is 112 cm³/mol. The van der Waals surface area contributed by atoms with Crippen LogP contribution in [0.1, 0.15) is 44.6 Å². The molecule has 2 amide bonds. The second-order valence-corrected chi connectivity index (χ2v) is 6.93. The first-order valence-corrected chi connectivity index (χ1v) is 10.3. The maximum Gasteiger partial charge on any atom is 0.242 e. The van der Waals surface area contributed by atoms with Crippen molar-refractivity contribution >= 4 is 17.8 Å². The third-order valence-corrected chi connectivity index (χ3v) is 4.63. The molecule has 0 atom stereocenters. The Morgan fingerprint density at radius 2 is 1.93 bits per heavy atom. The van der Waals surface area contributed by atoms with E-state index in [-0.39, 0.29) is 18.4 Å². The van der Waals surface area contributed by atoms with Crippen LogP contribution in [0, 0.1) is 0 Å². The summed E-state index contributed by atoms with van der Waals surface area (Å²) in [4.78, 5) is 30.3. The van der Waals surface area contributed by atoms with E-state index in [1.807, 2.05) is 42.2 Å². The van der Waals surface area contributed by atoms with Gasteiger partial charge in [-0.05, 0) is 31.7 Å². The molecule has 1 aliphatic heterocycles. The van der Waals surface area contributed by atoms with Gasteiger partial charge in [0.1, 0.15) is 6.54 Å². The van der Waals surface area contributed by atoms with Gasteiger partial charge in [0.25, 0.3) is 0 Å². The quantitative estimate of drug-likeness (QED) is 0.342. The van der Waals surface area contributed by atoms with Gasteiger partial charge in [-0.1, -0.05) is 36.8 Å². The Balaban J connectivity index is 1.69. The van der Waals surface area contributed by atoms with E-state index in [1.165, 1.54) is 0 Å². The van der Waals surface area contributed by atoms with Gasteiger partial charge >= 0.3 is 0 Å². The molecular formula is C21H33N5O2. The van der Waals surface area contributed by atoms with Crippen molar-refractivity contribution in [2.24, 2.45) is 4.99 Å². The summed E-state index contributed by atoms with van der Waals surface area (Å²) in [5.41, 5.74) is 1.06. The van der Waals surface area contributed by atoms with E-state index in [1.54, 1.807) is 0 Å². The molecule has 1 aromatic rings. The highest BCUT2D eigenvalue weighted by molar-refractivity contribution is 5.84. The molecule has 0 spiro atoms. The molecule has 1 aromatic carbocycles. The molecular weight excluding hydrogens is 354 g/mol. The average Bonchev–Trinajstić information content (AvgIpc) is 2.92. The molecule has 0 saturated carbocycles. The monoisotopic (exact) mass is 387 g/mol. The number of carbonyl (C=O) groups is 2. The Morgan fingerprint density at radius 3 is 2.71 bits per heavy atom. The molecule has 7 nitrogen and oxygen atoms in total. The maximum absolute atomic E-state index is 12.0. The summed E-state index contributed by atoms with van der Waals surface area (Å²) in [7, 11) is 0. The van der Waals surface area contributed by atoms with Crippen LogP contribution in [0.15, 0.2) is 35.3 Å². The lowest BCUT2D eigenvalue weighted by atomic mass is 10.2. The Bertz CT molecular complexity index is 633. The summed E-state index contributed by atoms with van der Waals surface area (Å²) >= 11 is 0. The van der Waals surface area contributed by atoms with Crippen molar-refractivity contribution < 1.29 is 9.59 Å². The van der Waals surface area contributed by atoms with Crippen LogP contribution in [0.4, 0.5) is 0 Å². The van der Waals surface area contributed by atoms with Gasteiger partial charge < -0.3 is 20.9 Å². The van der Waals surface area contributed by atoms with Crippen molar-refractivity contribution in [3.05, 3.63) is 35.9 Å². The molecule has 1 heterocycles. The van der Waals surface area contributed by atoms with Crippen LogP contribution in [0.3, 0.4) is 0 Å². The molecule has 1 aliphatic rings. The van der Waals surface area contributed by atoms with Crippen molar-refractivity contribution in [3.63, 3.8) is 0 Å². The fourth-order valence-electron chi connectivity index (χ4n) is 3.10. The standard InChI is InChI=1S/C21H33N5O2/c1-2-22-21(23-13-9-15-26-14-8-4-7-12-20(26)28)25-17-19(27)24-16-18-10-5-3-6-11-18/h3,5-6,10-11H,2,4,7-9,12-17H2,1H3,(H,24,27)(H2,22,23,25). The highest BCUT2D eigenvalue weighted by Crippen LogP contribution is 2.11. The Hall–Kier alpha value is -2.57. The van der Waals surface area contributed by atoms with Gasteiger partial charge in [-0.3, -0.25) is 9.59 Å². The second kappa shape index (κ2) is 12.8. The minimum atomic E-state index is -0.115. The van der Waals surface area contributed by atoms with Gasteiger partial charge in [0.05, 0.1) is 0 Å². The number of nitrogens with one attached hydrogen (secondary N) is 3.